The van der Waals surface area contributed by atoms with Gasteiger partial charge in [0.15, 0.2) is 0 Å². The van der Waals surface area contributed by atoms with E-state index in [2.05, 4.69) is 10.3 Å². The Kier molecular flexibility index (Phi) is 7.03. The molecule has 0 unspecified atom stereocenters. The number of carbonyl (C=O) groups is 2. The largest absolute Gasteiger partial charge is 0.494 e. The van der Waals surface area contributed by atoms with Crippen LogP contribution in [0.15, 0.2) is 65.0 Å². The van der Waals surface area contributed by atoms with Crippen LogP contribution in [0.5, 0.6) is 5.75 Å². The molecule has 0 aliphatic carbocycles. The van der Waals surface area contributed by atoms with Crippen molar-refractivity contribution in [2.45, 2.75) is 20.4 Å². The van der Waals surface area contributed by atoms with E-state index < -0.39 is 5.97 Å². The van der Waals surface area contributed by atoms with E-state index in [0.717, 1.165) is 16.9 Å². The van der Waals surface area contributed by atoms with Crippen molar-refractivity contribution in [2.75, 3.05) is 18.5 Å². The molecule has 0 atom stereocenters. The lowest BCUT2D eigenvalue weighted by Gasteiger charge is -2.09. The van der Waals surface area contributed by atoms with E-state index in [9.17, 15) is 14.4 Å². The number of thiophene rings is 1. The van der Waals surface area contributed by atoms with Crippen molar-refractivity contribution in [3.8, 4) is 16.9 Å². The van der Waals surface area contributed by atoms with Crippen LogP contribution in [0.1, 0.15) is 24.2 Å². The second kappa shape index (κ2) is 10.3. The number of hydrogen-bond donors (Lipinski definition) is 1. The minimum absolute atomic E-state index is 0.194. The monoisotopic (exact) mass is 477 g/mol. The van der Waals surface area contributed by atoms with Crippen LogP contribution >= 0.6 is 11.3 Å². The maximum Gasteiger partial charge on any atom is 0.338 e. The number of nitrogens with one attached hydrogen (secondary N) is 1. The van der Waals surface area contributed by atoms with Crippen molar-refractivity contribution in [3.63, 3.8) is 0 Å². The fourth-order valence-electron chi connectivity index (χ4n) is 3.45. The highest BCUT2D eigenvalue weighted by molar-refractivity contribution is 7.17. The van der Waals surface area contributed by atoms with Crippen LogP contribution in [0.4, 0.5) is 5.69 Å². The molecule has 2 heterocycles. The molecule has 0 aliphatic heterocycles. The van der Waals surface area contributed by atoms with Gasteiger partial charge in [0.2, 0.25) is 5.91 Å². The summed E-state index contributed by atoms with van der Waals surface area (Å²) < 4.78 is 11.7. The van der Waals surface area contributed by atoms with Gasteiger partial charge in [0.1, 0.15) is 17.1 Å². The first kappa shape index (κ1) is 23.2. The van der Waals surface area contributed by atoms with Gasteiger partial charge in [0, 0.05) is 16.6 Å². The smallest absolute Gasteiger partial charge is 0.338 e. The molecule has 8 nitrogen and oxygen atoms in total. The Morgan fingerprint density at radius 2 is 1.76 bits per heavy atom. The number of esters is 1. The molecule has 0 bridgehead atoms. The first-order valence-electron chi connectivity index (χ1n) is 10.8. The van der Waals surface area contributed by atoms with Crippen LogP contribution in [-0.2, 0) is 16.1 Å². The number of benzene rings is 2. The fraction of sp³-hybridized carbons (Fsp3) is 0.200. The highest BCUT2D eigenvalue weighted by Gasteiger charge is 2.15. The molecule has 1 N–H and O–H groups in total. The molecule has 0 aliphatic rings. The molecule has 0 saturated heterocycles. The third-order valence-corrected chi connectivity index (χ3v) is 5.92. The van der Waals surface area contributed by atoms with Gasteiger partial charge in [0.05, 0.1) is 30.5 Å². The normalized spacial score (nSPS) is 10.8. The molecule has 174 valence electrons. The van der Waals surface area contributed by atoms with Gasteiger partial charge in [-0.2, -0.15) is 0 Å². The number of amides is 1. The number of rotatable bonds is 8. The quantitative estimate of drug-likeness (QED) is 0.379. The summed E-state index contributed by atoms with van der Waals surface area (Å²) in [6.45, 7) is 4.32. The van der Waals surface area contributed by atoms with Gasteiger partial charge in [0.25, 0.3) is 5.56 Å². The lowest BCUT2D eigenvalue weighted by Crippen LogP contribution is -2.27. The van der Waals surface area contributed by atoms with Crippen LogP contribution < -0.4 is 15.6 Å². The fourth-order valence-corrected chi connectivity index (χ4v) is 4.36. The zero-order chi connectivity index (χ0) is 24.1. The Morgan fingerprint density at radius 3 is 2.44 bits per heavy atom. The minimum Gasteiger partial charge on any atom is -0.494 e. The third kappa shape index (κ3) is 4.99. The van der Waals surface area contributed by atoms with Gasteiger partial charge in [-0.25, -0.2) is 9.78 Å². The van der Waals surface area contributed by atoms with Crippen molar-refractivity contribution in [3.05, 3.63) is 76.2 Å². The molecule has 0 fully saturated rings. The number of carbonyl (C=O) groups excluding carboxylic acids is 2. The maximum absolute atomic E-state index is 13.2. The highest BCUT2D eigenvalue weighted by atomic mass is 32.1. The van der Waals surface area contributed by atoms with E-state index in [1.54, 1.807) is 31.2 Å². The van der Waals surface area contributed by atoms with E-state index in [1.165, 1.54) is 22.2 Å². The number of nitrogens with zero attached hydrogens (tertiary/aromatic N) is 2. The molecule has 4 rings (SSSR count). The summed E-state index contributed by atoms with van der Waals surface area (Å²) >= 11 is 1.38. The predicted octanol–water partition coefficient (Wildman–Crippen LogP) is 4.34. The van der Waals surface area contributed by atoms with E-state index in [0.29, 0.717) is 28.1 Å². The maximum atomic E-state index is 13.2. The van der Waals surface area contributed by atoms with E-state index in [4.69, 9.17) is 9.47 Å². The van der Waals surface area contributed by atoms with Gasteiger partial charge in [-0.05, 0) is 55.8 Å². The molecule has 1 amide bonds. The third-order valence-electron chi connectivity index (χ3n) is 5.03. The van der Waals surface area contributed by atoms with Crippen LogP contribution in [0.3, 0.4) is 0 Å². The molecule has 34 heavy (non-hydrogen) atoms. The standard InChI is InChI=1S/C25H23N3O5S/c1-3-32-19-11-7-16(8-12-19)20-14-34-23-22(20)24(30)28(15-26-23)13-21(29)27-18-9-5-17(6-10-18)25(31)33-4-2/h5-12,14-15H,3-4,13H2,1-2H3,(H,27,29). The number of ether oxygens (including phenoxy) is 2. The first-order valence-corrected chi connectivity index (χ1v) is 11.6. The Bertz CT molecular complexity index is 1370. The van der Waals surface area contributed by atoms with E-state index >= 15 is 0 Å². The van der Waals surface area contributed by atoms with Gasteiger partial charge in [-0.3, -0.25) is 14.2 Å². The van der Waals surface area contributed by atoms with Gasteiger partial charge >= 0.3 is 5.97 Å². The Morgan fingerprint density at radius 1 is 1.03 bits per heavy atom. The summed E-state index contributed by atoms with van der Waals surface area (Å²) in [7, 11) is 0. The Labute approximate surface area is 199 Å². The number of hydrogen-bond acceptors (Lipinski definition) is 7. The second-order valence-electron chi connectivity index (χ2n) is 7.31. The Hall–Kier alpha value is -3.98. The average molecular weight is 478 g/mol. The topological polar surface area (TPSA) is 99.5 Å². The average Bonchev–Trinajstić information content (AvgIpc) is 3.27. The van der Waals surface area contributed by atoms with Gasteiger partial charge in [-0.1, -0.05) is 12.1 Å². The van der Waals surface area contributed by atoms with Gasteiger partial charge < -0.3 is 14.8 Å². The summed E-state index contributed by atoms with van der Waals surface area (Å²) in [5.74, 6) is -0.0522. The molecule has 0 spiro atoms. The number of anilines is 1. The summed E-state index contributed by atoms with van der Waals surface area (Å²) in [6.07, 6.45) is 1.38. The first-order chi connectivity index (χ1) is 16.5. The highest BCUT2D eigenvalue weighted by Crippen LogP contribution is 2.31. The van der Waals surface area contributed by atoms with Crippen molar-refractivity contribution in [1.29, 1.82) is 0 Å². The molecule has 0 radical (unpaired) electrons. The summed E-state index contributed by atoms with van der Waals surface area (Å²) in [4.78, 5) is 42.5. The van der Waals surface area contributed by atoms with Crippen LogP contribution in [0, 0.1) is 0 Å². The lowest BCUT2D eigenvalue weighted by molar-refractivity contribution is -0.116. The van der Waals surface area contributed by atoms with Crippen LogP contribution in [0.25, 0.3) is 21.3 Å². The SMILES string of the molecule is CCOC(=O)c1ccc(NC(=O)Cn2cnc3scc(-c4ccc(OCC)cc4)c3c2=O)cc1. The van der Waals surface area contributed by atoms with Crippen molar-refractivity contribution < 1.29 is 19.1 Å². The van der Waals surface area contributed by atoms with Crippen LogP contribution in [-0.4, -0.2) is 34.6 Å². The minimum atomic E-state index is -0.426. The van der Waals surface area contributed by atoms with Crippen molar-refractivity contribution >= 4 is 39.1 Å². The molecule has 9 heteroatoms. The molecule has 4 aromatic rings. The molecule has 0 saturated carbocycles. The van der Waals surface area contributed by atoms with E-state index in [-0.39, 0.29) is 24.6 Å². The number of aromatic nitrogens is 2. The van der Waals surface area contributed by atoms with Gasteiger partial charge in [-0.15, -0.1) is 11.3 Å². The molecular weight excluding hydrogens is 454 g/mol. The van der Waals surface area contributed by atoms with Crippen molar-refractivity contribution in [1.82, 2.24) is 9.55 Å². The zero-order valence-corrected chi connectivity index (χ0v) is 19.6. The number of fused-ring (bicyclic) bond motifs is 1. The predicted molar refractivity (Wildman–Crippen MR) is 132 cm³/mol. The molecular formula is C25H23N3O5S. The summed E-state index contributed by atoms with van der Waals surface area (Å²) in [6, 6.07) is 13.9. The lowest BCUT2D eigenvalue weighted by atomic mass is 10.1. The van der Waals surface area contributed by atoms with E-state index in [1.807, 2.05) is 36.6 Å². The zero-order valence-electron chi connectivity index (χ0n) is 18.7. The summed E-state index contributed by atoms with van der Waals surface area (Å²) in [5.41, 5.74) is 2.25. The summed E-state index contributed by atoms with van der Waals surface area (Å²) in [5, 5.41) is 5.10. The molecule has 2 aromatic carbocycles. The molecule has 2 aromatic heterocycles. The van der Waals surface area contributed by atoms with Crippen LogP contribution in [0.2, 0.25) is 0 Å². The second-order valence-corrected chi connectivity index (χ2v) is 8.17. The van der Waals surface area contributed by atoms with Crippen molar-refractivity contribution in [2.24, 2.45) is 0 Å². The Balaban J connectivity index is 1.53.